The molecule has 5 heteroatoms. The molecule has 2 heterocycles. The minimum absolute atomic E-state index is 0.266. The van der Waals surface area contributed by atoms with Gasteiger partial charge in [0.25, 0.3) is 0 Å². The fourth-order valence-corrected chi connectivity index (χ4v) is 3.04. The van der Waals surface area contributed by atoms with Crippen LogP contribution in [0.25, 0.3) is 0 Å². The van der Waals surface area contributed by atoms with E-state index in [1.807, 2.05) is 4.90 Å². The van der Waals surface area contributed by atoms with Crippen LogP contribution in [0.3, 0.4) is 0 Å². The van der Waals surface area contributed by atoms with Crippen LogP contribution < -0.4 is 5.32 Å². The molecule has 0 bridgehead atoms. The maximum absolute atomic E-state index is 12.3. The third-order valence-corrected chi connectivity index (χ3v) is 4.32. The first kappa shape index (κ1) is 14.5. The maximum atomic E-state index is 12.3. The molecule has 0 unspecified atom stereocenters. The molecule has 2 rings (SSSR count). The van der Waals surface area contributed by atoms with Gasteiger partial charge in [0.1, 0.15) is 0 Å². The lowest BCUT2D eigenvalue weighted by molar-refractivity contribution is -0.132. The summed E-state index contributed by atoms with van der Waals surface area (Å²) in [7, 11) is 0. The lowest BCUT2D eigenvalue weighted by atomic mass is 10.3. The van der Waals surface area contributed by atoms with E-state index in [0.29, 0.717) is 6.54 Å². The fraction of sp³-hybridized carbons (Fsp3) is 0.643. The summed E-state index contributed by atoms with van der Waals surface area (Å²) in [6.07, 6.45) is 1.06. The Kier molecular flexibility index (Phi) is 5.82. The van der Waals surface area contributed by atoms with Gasteiger partial charge >= 0.3 is 0 Å². The first-order chi connectivity index (χ1) is 9.29. The van der Waals surface area contributed by atoms with Gasteiger partial charge < -0.3 is 10.2 Å². The molecule has 1 fully saturated rings. The van der Waals surface area contributed by atoms with E-state index in [0.717, 1.165) is 45.7 Å². The third kappa shape index (κ3) is 4.60. The van der Waals surface area contributed by atoms with Crippen LogP contribution >= 0.6 is 11.3 Å². The van der Waals surface area contributed by atoms with E-state index in [2.05, 4.69) is 34.7 Å². The molecule has 1 aromatic heterocycles. The van der Waals surface area contributed by atoms with Gasteiger partial charge in [-0.25, -0.2) is 0 Å². The second-order valence-electron chi connectivity index (χ2n) is 4.87. The van der Waals surface area contributed by atoms with Gasteiger partial charge in [0.2, 0.25) is 5.91 Å². The highest BCUT2D eigenvalue weighted by atomic mass is 32.1. The van der Waals surface area contributed by atoms with Crippen molar-refractivity contribution >= 4 is 17.2 Å². The number of amides is 1. The smallest absolute Gasteiger partial charge is 0.236 e. The van der Waals surface area contributed by atoms with Crippen molar-refractivity contribution in [3.63, 3.8) is 0 Å². The Hall–Kier alpha value is -0.910. The molecule has 1 aliphatic heterocycles. The molecule has 1 amide bonds. The standard InChI is InChI=1S/C14H23N3OS/c1-2-16(11-13-5-3-10-19-13)12-14(18)17-8-4-6-15-7-9-17/h3,5,10,15H,2,4,6-9,11-12H2,1H3. The van der Waals surface area contributed by atoms with Crippen LogP contribution in [-0.2, 0) is 11.3 Å². The topological polar surface area (TPSA) is 35.6 Å². The van der Waals surface area contributed by atoms with Crippen LogP contribution in [0, 0.1) is 0 Å². The Morgan fingerprint density at radius 1 is 1.47 bits per heavy atom. The van der Waals surface area contributed by atoms with Crippen molar-refractivity contribution in [3.05, 3.63) is 22.4 Å². The zero-order valence-corrected chi connectivity index (χ0v) is 12.4. The van der Waals surface area contributed by atoms with E-state index in [1.165, 1.54) is 4.88 Å². The highest BCUT2D eigenvalue weighted by Crippen LogP contribution is 2.12. The largest absolute Gasteiger partial charge is 0.340 e. The minimum Gasteiger partial charge on any atom is -0.340 e. The van der Waals surface area contributed by atoms with Crippen LogP contribution in [0.2, 0.25) is 0 Å². The van der Waals surface area contributed by atoms with E-state index < -0.39 is 0 Å². The molecule has 106 valence electrons. The first-order valence-electron chi connectivity index (χ1n) is 7.03. The molecular weight excluding hydrogens is 258 g/mol. The van der Waals surface area contributed by atoms with Crippen LogP contribution in [0.15, 0.2) is 17.5 Å². The SMILES string of the molecule is CCN(CC(=O)N1CCCNCC1)Cc1cccs1. The molecule has 0 aromatic carbocycles. The molecule has 1 N–H and O–H groups in total. The van der Waals surface area contributed by atoms with Crippen LogP contribution in [0.4, 0.5) is 0 Å². The summed E-state index contributed by atoms with van der Waals surface area (Å²) in [5.74, 6) is 0.266. The Morgan fingerprint density at radius 3 is 3.11 bits per heavy atom. The van der Waals surface area contributed by atoms with Crippen LogP contribution in [-0.4, -0.2) is 55.0 Å². The zero-order valence-electron chi connectivity index (χ0n) is 11.6. The number of likely N-dealkylation sites (N-methyl/N-ethyl adjacent to an activating group) is 1. The molecule has 0 aliphatic carbocycles. The van der Waals surface area contributed by atoms with Crippen molar-refractivity contribution in [2.75, 3.05) is 39.3 Å². The van der Waals surface area contributed by atoms with Crippen molar-refractivity contribution in [2.45, 2.75) is 19.9 Å². The van der Waals surface area contributed by atoms with Crippen molar-refractivity contribution in [1.29, 1.82) is 0 Å². The van der Waals surface area contributed by atoms with Gasteiger partial charge in [-0.05, 0) is 31.0 Å². The Balaban J connectivity index is 1.84. The average molecular weight is 281 g/mol. The van der Waals surface area contributed by atoms with Crippen LogP contribution in [0.1, 0.15) is 18.2 Å². The predicted molar refractivity (Wildman–Crippen MR) is 79.3 cm³/mol. The summed E-state index contributed by atoms with van der Waals surface area (Å²) in [4.78, 5) is 17.8. The summed E-state index contributed by atoms with van der Waals surface area (Å²) >= 11 is 1.76. The van der Waals surface area contributed by atoms with E-state index >= 15 is 0 Å². The molecule has 1 aliphatic rings. The highest BCUT2D eigenvalue weighted by molar-refractivity contribution is 7.09. The van der Waals surface area contributed by atoms with Gasteiger partial charge in [-0.2, -0.15) is 0 Å². The second kappa shape index (κ2) is 7.62. The Labute approximate surface area is 119 Å². The number of carbonyl (C=O) groups is 1. The van der Waals surface area contributed by atoms with Gasteiger partial charge in [-0.15, -0.1) is 11.3 Å². The molecule has 0 atom stereocenters. The number of hydrogen-bond acceptors (Lipinski definition) is 4. The number of rotatable bonds is 5. The molecule has 0 spiro atoms. The molecular formula is C14H23N3OS. The molecule has 1 saturated heterocycles. The Morgan fingerprint density at radius 2 is 2.37 bits per heavy atom. The van der Waals surface area contributed by atoms with Gasteiger partial charge in [0, 0.05) is 31.1 Å². The van der Waals surface area contributed by atoms with Crippen molar-refractivity contribution in [3.8, 4) is 0 Å². The van der Waals surface area contributed by atoms with E-state index in [4.69, 9.17) is 0 Å². The lowest BCUT2D eigenvalue weighted by Crippen LogP contribution is -2.41. The molecule has 19 heavy (non-hydrogen) atoms. The molecule has 4 nitrogen and oxygen atoms in total. The summed E-state index contributed by atoms with van der Waals surface area (Å²) in [6, 6.07) is 4.20. The van der Waals surface area contributed by atoms with Crippen molar-refractivity contribution in [1.82, 2.24) is 15.1 Å². The molecule has 0 radical (unpaired) electrons. The lowest BCUT2D eigenvalue weighted by Gasteiger charge is -2.25. The number of nitrogens with zero attached hydrogens (tertiary/aromatic N) is 2. The quantitative estimate of drug-likeness (QED) is 0.886. The van der Waals surface area contributed by atoms with Crippen molar-refractivity contribution in [2.24, 2.45) is 0 Å². The monoisotopic (exact) mass is 281 g/mol. The third-order valence-electron chi connectivity index (χ3n) is 3.46. The van der Waals surface area contributed by atoms with Gasteiger partial charge in [0.15, 0.2) is 0 Å². The average Bonchev–Trinajstić information content (AvgIpc) is 2.77. The van der Waals surface area contributed by atoms with E-state index in [1.54, 1.807) is 11.3 Å². The summed E-state index contributed by atoms with van der Waals surface area (Å²) in [5, 5.41) is 5.42. The number of nitrogens with one attached hydrogen (secondary N) is 1. The first-order valence-corrected chi connectivity index (χ1v) is 7.91. The summed E-state index contributed by atoms with van der Waals surface area (Å²) < 4.78 is 0. The van der Waals surface area contributed by atoms with Crippen LogP contribution in [0.5, 0.6) is 0 Å². The fourth-order valence-electron chi connectivity index (χ4n) is 2.29. The normalized spacial score (nSPS) is 16.6. The number of thiophene rings is 1. The second-order valence-corrected chi connectivity index (χ2v) is 5.90. The van der Waals surface area contributed by atoms with E-state index in [9.17, 15) is 4.79 Å². The van der Waals surface area contributed by atoms with Gasteiger partial charge in [-0.1, -0.05) is 13.0 Å². The molecule has 1 aromatic rings. The van der Waals surface area contributed by atoms with Gasteiger partial charge in [-0.3, -0.25) is 9.69 Å². The van der Waals surface area contributed by atoms with E-state index in [-0.39, 0.29) is 5.91 Å². The minimum atomic E-state index is 0.266. The Bertz CT molecular complexity index is 372. The molecule has 0 saturated carbocycles. The van der Waals surface area contributed by atoms with Crippen molar-refractivity contribution < 1.29 is 4.79 Å². The van der Waals surface area contributed by atoms with Gasteiger partial charge in [0.05, 0.1) is 6.54 Å². The number of carbonyl (C=O) groups excluding carboxylic acids is 1. The maximum Gasteiger partial charge on any atom is 0.236 e. The zero-order chi connectivity index (χ0) is 13.5. The summed E-state index contributed by atoms with van der Waals surface area (Å²) in [5.41, 5.74) is 0. The summed E-state index contributed by atoms with van der Waals surface area (Å²) in [6.45, 7) is 8.12. The predicted octanol–water partition coefficient (Wildman–Crippen LogP) is 1.39. The number of hydrogen-bond donors (Lipinski definition) is 1. The highest BCUT2D eigenvalue weighted by Gasteiger charge is 2.17.